The normalized spacial score (nSPS) is 16.0. The Hall–Kier alpha value is -2.65. The van der Waals surface area contributed by atoms with Crippen molar-refractivity contribution in [2.75, 3.05) is 6.61 Å². The van der Waals surface area contributed by atoms with E-state index in [1.807, 2.05) is 31.2 Å². The van der Waals surface area contributed by atoms with Crippen LogP contribution in [-0.2, 0) is 15.3 Å². The first-order valence-corrected chi connectivity index (χ1v) is 11.0. The number of hydrogen-bond donors (Lipinski definition) is 1. The third-order valence-electron chi connectivity index (χ3n) is 4.40. The number of esters is 1. The molecule has 1 aliphatic rings. The first kappa shape index (κ1) is 22.0. The lowest BCUT2D eigenvalue weighted by atomic mass is 9.97. The maximum atomic E-state index is 12.6. The number of aliphatic imine (C=N–C) groups is 1. The molecule has 0 spiro atoms. The fourth-order valence-electron chi connectivity index (χ4n) is 2.98. The second-order valence-electron chi connectivity index (χ2n) is 6.49. The number of nitro benzene ring substituents is 1. The molecule has 0 unspecified atom stereocenters. The van der Waals surface area contributed by atoms with Crippen LogP contribution in [0.1, 0.15) is 31.0 Å². The van der Waals surface area contributed by atoms with Crippen LogP contribution in [0.2, 0.25) is 0 Å². The van der Waals surface area contributed by atoms with E-state index in [-0.39, 0.29) is 12.3 Å². The largest absolute Gasteiger partial charge is 0.463 e. The number of thioether (sulfide) groups is 1. The first-order chi connectivity index (χ1) is 14.4. The van der Waals surface area contributed by atoms with Crippen molar-refractivity contribution in [3.05, 3.63) is 85.5 Å². The van der Waals surface area contributed by atoms with Crippen LogP contribution >= 0.6 is 27.7 Å². The highest BCUT2D eigenvalue weighted by atomic mass is 79.9. The van der Waals surface area contributed by atoms with Gasteiger partial charge in [-0.1, -0.05) is 52.0 Å². The van der Waals surface area contributed by atoms with E-state index in [1.165, 1.54) is 23.9 Å². The van der Waals surface area contributed by atoms with Crippen molar-refractivity contribution in [3.63, 3.8) is 0 Å². The molecule has 0 saturated heterocycles. The van der Waals surface area contributed by atoms with Crippen molar-refractivity contribution in [2.45, 2.75) is 25.6 Å². The van der Waals surface area contributed by atoms with Gasteiger partial charge in [0.05, 0.1) is 17.1 Å². The summed E-state index contributed by atoms with van der Waals surface area (Å²) in [7, 11) is 0. The molecule has 0 aliphatic carbocycles. The van der Waals surface area contributed by atoms with E-state index >= 15 is 0 Å². The zero-order valence-corrected chi connectivity index (χ0v) is 18.8. The number of nitrogens with one attached hydrogen (secondary N) is 1. The summed E-state index contributed by atoms with van der Waals surface area (Å²) in [5, 5.41) is 14.7. The molecular weight excluding hydrogens is 470 g/mol. The molecule has 0 radical (unpaired) electrons. The SMILES string of the molecule is CCOC(=O)C1=C(C)NC(SCc2ccc([N+](=O)[O-])cc2)=N[C@H]1c1cccc(Br)c1. The van der Waals surface area contributed by atoms with Gasteiger partial charge in [0.2, 0.25) is 0 Å². The molecule has 0 bridgehead atoms. The van der Waals surface area contributed by atoms with E-state index in [4.69, 9.17) is 9.73 Å². The van der Waals surface area contributed by atoms with Crippen LogP contribution < -0.4 is 5.32 Å². The van der Waals surface area contributed by atoms with Gasteiger partial charge in [-0.15, -0.1) is 0 Å². The molecule has 1 atom stereocenters. The van der Waals surface area contributed by atoms with Gasteiger partial charge in [-0.2, -0.15) is 0 Å². The molecule has 3 rings (SSSR count). The molecule has 30 heavy (non-hydrogen) atoms. The fourth-order valence-corrected chi connectivity index (χ4v) is 4.30. The third-order valence-corrected chi connectivity index (χ3v) is 5.85. The minimum Gasteiger partial charge on any atom is -0.463 e. The number of non-ortho nitro benzene ring substituents is 1. The molecule has 9 heteroatoms. The second kappa shape index (κ2) is 9.90. The van der Waals surface area contributed by atoms with Gasteiger partial charge in [0.1, 0.15) is 6.04 Å². The third kappa shape index (κ3) is 5.28. The minimum atomic E-state index is -0.484. The average Bonchev–Trinajstić information content (AvgIpc) is 2.72. The van der Waals surface area contributed by atoms with Crippen molar-refractivity contribution in [3.8, 4) is 0 Å². The molecular formula is C21H20BrN3O4S. The molecule has 7 nitrogen and oxygen atoms in total. The predicted molar refractivity (Wildman–Crippen MR) is 121 cm³/mol. The Balaban J connectivity index is 1.84. The van der Waals surface area contributed by atoms with Crippen LogP contribution in [0.4, 0.5) is 5.69 Å². The fraction of sp³-hybridized carbons (Fsp3) is 0.238. The maximum absolute atomic E-state index is 12.6. The number of benzene rings is 2. The number of nitro groups is 1. The van der Waals surface area contributed by atoms with Crippen molar-refractivity contribution < 1.29 is 14.5 Å². The van der Waals surface area contributed by atoms with Gasteiger partial charge in [0, 0.05) is 28.1 Å². The molecule has 2 aromatic rings. The number of amidine groups is 1. The van der Waals surface area contributed by atoms with Gasteiger partial charge >= 0.3 is 5.97 Å². The van der Waals surface area contributed by atoms with Gasteiger partial charge in [-0.25, -0.2) is 9.79 Å². The molecule has 1 N–H and O–H groups in total. The van der Waals surface area contributed by atoms with Gasteiger partial charge in [-0.05, 0) is 37.1 Å². The maximum Gasteiger partial charge on any atom is 0.338 e. The van der Waals surface area contributed by atoms with E-state index in [1.54, 1.807) is 19.1 Å². The Kier molecular flexibility index (Phi) is 7.28. The number of allylic oxidation sites excluding steroid dienone is 1. The monoisotopic (exact) mass is 489 g/mol. The van der Waals surface area contributed by atoms with E-state index in [0.717, 1.165) is 15.6 Å². The molecule has 0 aromatic heterocycles. The molecule has 0 saturated carbocycles. The smallest absolute Gasteiger partial charge is 0.338 e. The van der Waals surface area contributed by atoms with E-state index in [0.29, 0.717) is 22.2 Å². The van der Waals surface area contributed by atoms with Gasteiger partial charge < -0.3 is 10.1 Å². The second-order valence-corrected chi connectivity index (χ2v) is 8.37. The summed E-state index contributed by atoms with van der Waals surface area (Å²) in [6.45, 7) is 3.89. The molecule has 1 aliphatic heterocycles. The van der Waals surface area contributed by atoms with Crippen LogP contribution in [0, 0.1) is 10.1 Å². The number of nitrogens with zero attached hydrogens (tertiary/aromatic N) is 2. The number of ether oxygens (including phenoxy) is 1. The minimum absolute atomic E-state index is 0.0597. The number of carbonyl (C=O) groups excluding carboxylic acids is 1. The summed E-state index contributed by atoms with van der Waals surface area (Å²) >= 11 is 4.94. The van der Waals surface area contributed by atoms with Gasteiger partial charge in [0.25, 0.3) is 5.69 Å². The van der Waals surface area contributed by atoms with Crippen LogP contribution in [0.25, 0.3) is 0 Å². The summed E-state index contributed by atoms with van der Waals surface area (Å²) in [6, 6.07) is 13.6. The number of carbonyl (C=O) groups is 1. The molecule has 156 valence electrons. The van der Waals surface area contributed by atoms with Crippen LogP contribution in [-0.4, -0.2) is 22.7 Å². The van der Waals surface area contributed by atoms with Crippen LogP contribution in [0.5, 0.6) is 0 Å². The van der Waals surface area contributed by atoms with Crippen LogP contribution in [0.3, 0.4) is 0 Å². The van der Waals surface area contributed by atoms with E-state index in [2.05, 4.69) is 21.2 Å². The first-order valence-electron chi connectivity index (χ1n) is 9.23. The Morgan fingerprint density at radius 1 is 1.30 bits per heavy atom. The van der Waals surface area contributed by atoms with Crippen molar-refractivity contribution >= 4 is 44.5 Å². The zero-order chi connectivity index (χ0) is 21.7. The topological polar surface area (TPSA) is 93.8 Å². The van der Waals surface area contributed by atoms with Crippen molar-refractivity contribution in [1.82, 2.24) is 5.32 Å². The summed E-state index contributed by atoms with van der Waals surface area (Å²) < 4.78 is 6.15. The standard InChI is InChI=1S/C21H20BrN3O4S/c1-3-29-20(26)18-13(2)23-21(24-19(18)15-5-4-6-16(22)11-15)30-12-14-7-9-17(10-8-14)25(27)28/h4-11,19H,3,12H2,1-2H3,(H,23,24)/t19-/m0/s1. The predicted octanol–water partition coefficient (Wildman–Crippen LogP) is 5.13. The van der Waals surface area contributed by atoms with Crippen LogP contribution in [0.15, 0.2) is 69.3 Å². The summed E-state index contributed by atoms with van der Waals surface area (Å²) in [6.07, 6.45) is 0. The molecule has 1 heterocycles. The summed E-state index contributed by atoms with van der Waals surface area (Å²) in [5.74, 6) is 0.187. The number of halogens is 1. The molecule has 2 aromatic carbocycles. The molecule has 0 amide bonds. The lowest BCUT2D eigenvalue weighted by Crippen LogP contribution is -2.30. The lowest BCUT2D eigenvalue weighted by molar-refractivity contribution is -0.384. The number of rotatable bonds is 6. The summed E-state index contributed by atoms with van der Waals surface area (Å²) in [5.41, 5.74) is 3.05. The summed E-state index contributed by atoms with van der Waals surface area (Å²) in [4.78, 5) is 27.7. The van der Waals surface area contributed by atoms with Gasteiger partial charge in [-0.3, -0.25) is 10.1 Å². The molecule has 0 fully saturated rings. The number of hydrogen-bond acceptors (Lipinski definition) is 7. The van der Waals surface area contributed by atoms with Crippen molar-refractivity contribution in [2.24, 2.45) is 4.99 Å². The Bertz CT molecular complexity index is 1020. The Morgan fingerprint density at radius 3 is 2.67 bits per heavy atom. The highest BCUT2D eigenvalue weighted by molar-refractivity contribution is 9.10. The van der Waals surface area contributed by atoms with E-state index in [9.17, 15) is 14.9 Å². The quantitative estimate of drug-likeness (QED) is 0.343. The Labute approximate surface area is 186 Å². The average molecular weight is 490 g/mol. The zero-order valence-electron chi connectivity index (χ0n) is 16.4. The van der Waals surface area contributed by atoms with Gasteiger partial charge in [0.15, 0.2) is 5.17 Å². The lowest BCUT2D eigenvalue weighted by Gasteiger charge is -2.26. The highest BCUT2D eigenvalue weighted by Crippen LogP contribution is 2.34. The van der Waals surface area contributed by atoms with Crippen molar-refractivity contribution in [1.29, 1.82) is 0 Å². The Morgan fingerprint density at radius 2 is 2.03 bits per heavy atom. The van der Waals surface area contributed by atoms with E-state index < -0.39 is 16.9 Å². The highest BCUT2D eigenvalue weighted by Gasteiger charge is 2.30.